The molecule has 0 bridgehead atoms. The van der Waals surface area contributed by atoms with Crippen LogP contribution in [-0.2, 0) is 36.6 Å². The molecule has 0 saturated heterocycles. The van der Waals surface area contributed by atoms with E-state index < -0.39 is 18.4 Å². The summed E-state index contributed by atoms with van der Waals surface area (Å²) in [6.07, 6.45) is -0.498. The predicted octanol–water partition coefficient (Wildman–Crippen LogP) is 4.60. The Balaban J connectivity index is 1.73. The van der Waals surface area contributed by atoms with Gasteiger partial charge in [0.1, 0.15) is 0 Å². The molecule has 3 amide bonds. The van der Waals surface area contributed by atoms with Gasteiger partial charge >= 0.3 is 24.1 Å². The van der Waals surface area contributed by atoms with Crippen LogP contribution in [0.1, 0.15) is 63.5 Å². The topological polar surface area (TPSA) is 97.4 Å². The molecule has 1 aromatic rings. The molecule has 1 heterocycles. The lowest BCUT2D eigenvalue weighted by molar-refractivity contribution is -0.185. The number of methoxy groups -OCH3 is 1. The molecular formula is C29H42F3N3O6. The van der Waals surface area contributed by atoms with Crippen LogP contribution in [0.25, 0.3) is 0 Å². The Morgan fingerprint density at radius 2 is 1.66 bits per heavy atom. The molecule has 1 aromatic carbocycles. The SMILES string of the molecule is CCOC(CN(C(=O)N[C@H]1CC[C@H](CCC(=O)OC)CC1)c1ccc2c(c1)CCN(C(=O)C(F)(F)F)CC2)OCC. The number of hydrogen-bond donors (Lipinski definition) is 1. The van der Waals surface area contributed by atoms with Crippen molar-refractivity contribution in [1.82, 2.24) is 10.2 Å². The molecule has 3 rings (SSSR count). The Hall–Kier alpha value is -2.86. The molecule has 0 atom stereocenters. The quantitative estimate of drug-likeness (QED) is 0.301. The fraction of sp³-hybridized carbons (Fsp3) is 0.690. The number of fused-ring (bicyclic) bond motifs is 1. The standard InChI is InChI=1S/C29H42F3N3O6/c1-4-40-26(41-5-2)19-35(28(38)33-23-10-6-20(7-11-23)8-13-25(36)39-3)24-12-9-21-14-16-34(17-15-22(21)18-24)27(37)29(30,31)32/h9,12,18,20,23,26H,4-8,10-11,13-17,19H2,1-3H3,(H,33,38)/t20-,23-. The third-order valence-electron chi connectivity index (χ3n) is 7.77. The molecule has 0 unspecified atom stereocenters. The van der Waals surface area contributed by atoms with E-state index in [-0.39, 0.29) is 44.1 Å². The first-order valence-corrected chi connectivity index (χ1v) is 14.4. The summed E-state index contributed by atoms with van der Waals surface area (Å²) < 4.78 is 55.2. The first-order valence-electron chi connectivity index (χ1n) is 14.4. The summed E-state index contributed by atoms with van der Waals surface area (Å²) in [5, 5.41) is 3.14. The highest BCUT2D eigenvalue weighted by Crippen LogP contribution is 2.29. The zero-order valence-electron chi connectivity index (χ0n) is 24.1. The first kappa shape index (κ1) is 32.7. The molecule has 1 saturated carbocycles. The van der Waals surface area contributed by atoms with Crippen LogP contribution < -0.4 is 10.2 Å². The Morgan fingerprint density at radius 3 is 2.24 bits per heavy atom. The van der Waals surface area contributed by atoms with Gasteiger partial charge in [-0.2, -0.15) is 13.2 Å². The van der Waals surface area contributed by atoms with Crippen molar-refractivity contribution in [2.24, 2.45) is 5.92 Å². The van der Waals surface area contributed by atoms with Crippen LogP contribution in [0.4, 0.5) is 23.7 Å². The van der Waals surface area contributed by atoms with E-state index in [1.54, 1.807) is 11.0 Å². The number of amides is 3. The van der Waals surface area contributed by atoms with Gasteiger partial charge in [-0.05, 0) is 88.0 Å². The summed E-state index contributed by atoms with van der Waals surface area (Å²) in [5.74, 6) is -1.63. The van der Waals surface area contributed by atoms with Gasteiger partial charge in [0, 0.05) is 44.5 Å². The third-order valence-corrected chi connectivity index (χ3v) is 7.77. The van der Waals surface area contributed by atoms with Gasteiger partial charge < -0.3 is 24.4 Å². The second-order valence-corrected chi connectivity index (χ2v) is 10.5. The third kappa shape index (κ3) is 9.59. The molecule has 9 nitrogen and oxygen atoms in total. The molecule has 0 aromatic heterocycles. The molecular weight excluding hydrogens is 543 g/mol. The summed E-state index contributed by atoms with van der Waals surface area (Å²) in [6, 6.07) is 5.07. The minimum absolute atomic E-state index is 0.0199. The van der Waals surface area contributed by atoms with E-state index in [2.05, 4.69) is 5.32 Å². The van der Waals surface area contributed by atoms with E-state index in [1.807, 2.05) is 26.0 Å². The van der Waals surface area contributed by atoms with E-state index in [9.17, 15) is 27.6 Å². The molecule has 0 radical (unpaired) electrons. The van der Waals surface area contributed by atoms with Crippen LogP contribution >= 0.6 is 0 Å². The van der Waals surface area contributed by atoms with Gasteiger partial charge in [-0.1, -0.05) is 6.07 Å². The maximum atomic E-state index is 13.6. The van der Waals surface area contributed by atoms with Gasteiger partial charge in [0.25, 0.3) is 0 Å². The van der Waals surface area contributed by atoms with Crippen LogP contribution in [0.15, 0.2) is 18.2 Å². The average molecular weight is 586 g/mol. The van der Waals surface area contributed by atoms with E-state index in [0.717, 1.165) is 48.1 Å². The predicted molar refractivity (Wildman–Crippen MR) is 146 cm³/mol. The van der Waals surface area contributed by atoms with Crippen LogP contribution in [0.2, 0.25) is 0 Å². The molecule has 1 fully saturated rings. The molecule has 1 N–H and O–H groups in total. The summed E-state index contributed by atoms with van der Waals surface area (Å²) >= 11 is 0. The summed E-state index contributed by atoms with van der Waals surface area (Å²) in [4.78, 5) is 39.3. The second kappa shape index (κ2) is 15.4. The average Bonchev–Trinajstić information content (AvgIpc) is 3.16. The van der Waals surface area contributed by atoms with Crippen molar-refractivity contribution in [3.63, 3.8) is 0 Å². The molecule has 0 spiro atoms. The molecule has 2 aliphatic rings. The zero-order valence-corrected chi connectivity index (χ0v) is 24.1. The number of carbonyl (C=O) groups is 3. The Morgan fingerprint density at radius 1 is 1.02 bits per heavy atom. The van der Waals surface area contributed by atoms with Crippen molar-refractivity contribution in [1.29, 1.82) is 0 Å². The number of halogens is 3. The van der Waals surface area contributed by atoms with Gasteiger partial charge in [-0.15, -0.1) is 0 Å². The van der Waals surface area contributed by atoms with Gasteiger partial charge in [0.15, 0.2) is 6.29 Å². The van der Waals surface area contributed by atoms with Gasteiger partial charge in [-0.25, -0.2) is 4.79 Å². The number of urea groups is 1. The number of nitrogens with one attached hydrogen (secondary N) is 1. The zero-order chi connectivity index (χ0) is 30.0. The highest BCUT2D eigenvalue weighted by Gasteiger charge is 2.42. The largest absolute Gasteiger partial charge is 0.471 e. The number of carbonyl (C=O) groups excluding carboxylic acids is 3. The lowest BCUT2D eigenvalue weighted by atomic mass is 9.83. The second-order valence-electron chi connectivity index (χ2n) is 10.5. The Labute approximate surface area is 239 Å². The molecule has 12 heteroatoms. The van der Waals surface area contributed by atoms with Crippen LogP contribution in [-0.4, -0.2) is 81.3 Å². The Bertz CT molecular complexity index is 1020. The van der Waals surface area contributed by atoms with Gasteiger partial charge in [0.2, 0.25) is 0 Å². The monoisotopic (exact) mass is 585 g/mol. The summed E-state index contributed by atoms with van der Waals surface area (Å²) in [5.41, 5.74) is 2.23. The molecule has 41 heavy (non-hydrogen) atoms. The van der Waals surface area contributed by atoms with E-state index in [1.165, 1.54) is 7.11 Å². The van der Waals surface area contributed by atoms with Crippen molar-refractivity contribution in [3.05, 3.63) is 29.3 Å². The maximum absolute atomic E-state index is 13.6. The van der Waals surface area contributed by atoms with Crippen molar-refractivity contribution in [3.8, 4) is 0 Å². The van der Waals surface area contributed by atoms with Crippen LogP contribution in [0.3, 0.4) is 0 Å². The molecule has 1 aliphatic heterocycles. The number of benzene rings is 1. The molecule has 1 aliphatic carbocycles. The normalized spacial score (nSPS) is 19.3. The minimum atomic E-state index is -4.91. The molecule has 230 valence electrons. The van der Waals surface area contributed by atoms with Gasteiger partial charge in [-0.3, -0.25) is 14.5 Å². The highest BCUT2D eigenvalue weighted by atomic mass is 19.4. The number of alkyl halides is 3. The lowest BCUT2D eigenvalue weighted by Gasteiger charge is -2.33. The van der Waals surface area contributed by atoms with Crippen LogP contribution in [0.5, 0.6) is 0 Å². The highest BCUT2D eigenvalue weighted by molar-refractivity contribution is 5.92. The smallest absolute Gasteiger partial charge is 0.469 e. The summed E-state index contributed by atoms with van der Waals surface area (Å²) in [7, 11) is 1.38. The fourth-order valence-corrected chi connectivity index (χ4v) is 5.51. The number of rotatable bonds is 11. The van der Waals surface area contributed by atoms with Crippen molar-refractivity contribution < 1.29 is 41.8 Å². The number of esters is 1. The van der Waals surface area contributed by atoms with Gasteiger partial charge in [0.05, 0.1) is 13.7 Å². The van der Waals surface area contributed by atoms with Crippen molar-refractivity contribution >= 4 is 23.6 Å². The number of ether oxygens (including phenoxy) is 3. The van der Waals surface area contributed by atoms with Crippen molar-refractivity contribution in [2.75, 3.05) is 44.9 Å². The first-order chi connectivity index (χ1) is 19.5. The number of hydrogen-bond acceptors (Lipinski definition) is 6. The fourth-order valence-electron chi connectivity index (χ4n) is 5.51. The maximum Gasteiger partial charge on any atom is 0.471 e. The lowest BCUT2D eigenvalue weighted by Crippen LogP contribution is -2.49. The van der Waals surface area contributed by atoms with Crippen molar-refractivity contribution in [2.45, 2.75) is 83.7 Å². The van der Waals surface area contributed by atoms with Crippen LogP contribution in [0, 0.1) is 5.92 Å². The Kier molecular flexibility index (Phi) is 12.3. The van der Waals surface area contributed by atoms with E-state index >= 15 is 0 Å². The minimum Gasteiger partial charge on any atom is -0.469 e. The number of anilines is 1. The van der Waals surface area contributed by atoms with E-state index in [4.69, 9.17) is 14.2 Å². The summed E-state index contributed by atoms with van der Waals surface area (Å²) in [6.45, 7) is 4.51. The number of nitrogens with zero attached hydrogens (tertiary/aromatic N) is 2. The van der Waals surface area contributed by atoms with E-state index in [0.29, 0.717) is 37.7 Å².